The monoisotopic (exact) mass is 578 g/mol. The molecule has 1 aromatic heterocycles. The molecule has 0 spiro atoms. The minimum absolute atomic E-state index is 0.0670. The molecule has 4 aromatic rings. The van der Waals surface area contributed by atoms with Crippen LogP contribution in [0.2, 0.25) is 0 Å². The number of piperazine rings is 1. The van der Waals surface area contributed by atoms with Gasteiger partial charge < -0.3 is 25.2 Å². The minimum Gasteiger partial charge on any atom is -0.508 e. The number of carbonyl (C=O) groups excluding carboxylic acids is 3. The van der Waals surface area contributed by atoms with Gasteiger partial charge in [-0.15, -0.1) is 6.58 Å². The molecule has 3 heterocycles. The summed E-state index contributed by atoms with van der Waals surface area (Å²) in [7, 11) is 0. The molecule has 10 nitrogen and oxygen atoms in total. The van der Waals surface area contributed by atoms with E-state index in [0.29, 0.717) is 13.1 Å². The number of hydrazine groups is 1. The zero-order chi connectivity index (χ0) is 29.9. The Morgan fingerprint density at radius 2 is 1.79 bits per heavy atom. The number of phenols is 1. The van der Waals surface area contributed by atoms with E-state index in [4.69, 9.17) is 0 Å². The third-order valence-corrected chi connectivity index (χ3v) is 8.06. The quantitative estimate of drug-likeness (QED) is 0.277. The standard InChI is InChI=1S/C33H34N6O4/c1-2-17-37-22-30(41)38-28(18-23-11-13-27(40)14-12-23)32(42)36(20-26-10-6-9-25-15-16-34-31(25)26)21-29(38)39(37)33(43)35-19-24-7-4-3-5-8-24/h2-16,28-29,34,40H,1,17-22H2,(H,35,43). The van der Waals surface area contributed by atoms with E-state index in [0.717, 1.165) is 27.6 Å². The number of amides is 4. The van der Waals surface area contributed by atoms with Crippen LogP contribution in [0.1, 0.15) is 16.7 Å². The van der Waals surface area contributed by atoms with Crippen LogP contribution in [-0.2, 0) is 29.1 Å². The molecule has 6 rings (SSSR count). The van der Waals surface area contributed by atoms with Crippen LogP contribution in [0.5, 0.6) is 5.75 Å². The van der Waals surface area contributed by atoms with Gasteiger partial charge >= 0.3 is 6.03 Å². The van der Waals surface area contributed by atoms with Gasteiger partial charge in [0, 0.05) is 32.3 Å². The van der Waals surface area contributed by atoms with Gasteiger partial charge in [-0.2, -0.15) is 0 Å². The Balaban J connectivity index is 1.36. The van der Waals surface area contributed by atoms with Gasteiger partial charge in [-0.25, -0.2) is 14.8 Å². The van der Waals surface area contributed by atoms with Crippen molar-refractivity contribution in [2.24, 2.45) is 0 Å². The van der Waals surface area contributed by atoms with Crippen molar-refractivity contribution in [1.82, 2.24) is 30.1 Å². The van der Waals surface area contributed by atoms with Crippen molar-refractivity contribution in [1.29, 1.82) is 0 Å². The van der Waals surface area contributed by atoms with E-state index >= 15 is 0 Å². The number of urea groups is 1. The molecule has 2 saturated heterocycles. The number of carbonyl (C=O) groups is 3. The van der Waals surface area contributed by atoms with E-state index in [2.05, 4.69) is 16.9 Å². The van der Waals surface area contributed by atoms with E-state index in [1.807, 2.05) is 60.8 Å². The third-order valence-electron chi connectivity index (χ3n) is 8.06. The van der Waals surface area contributed by atoms with Crippen molar-refractivity contribution < 1.29 is 19.5 Å². The highest BCUT2D eigenvalue weighted by Gasteiger charge is 2.51. The van der Waals surface area contributed by atoms with Crippen molar-refractivity contribution in [2.75, 3.05) is 19.6 Å². The van der Waals surface area contributed by atoms with Gasteiger partial charge in [-0.3, -0.25) is 9.59 Å². The maximum atomic E-state index is 14.2. The molecule has 43 heavy (non-hydrogen) atoms. The maximum Gasteiger partial charge on any atom is 0.334 e. The van der Waals surface area contributed by atoms with Crippen LogP contribution in [0, 0.1) is 0 Å². The zero-order valence-electron chi connectivity index (χ0n) is 23.7. The molecule has 0 radical (unpaired) electrons. The third kappa shape index (κ3) is 5.69. The average molecular weight is 579 g/mol. The lowest BCUT2D eigenvalue weighted by Crippen LogP contribution is -2.76. The number of aromatic amines is 1. The Morgan fingerprint density at radius 1 is 1.00 bits per heavy atom. The number of para-hydroxylation sites is 1. The molecule has 2 atom stereocenters. The van der Waals surface area contributed by atoms with E-state index < -0.39 is 12.2 Å². The number of hydrogen-bond donors (Lipinski definition) is 3. The number of aromatic hydroxyl groups is 1. The molecule has 220 valence electrons. The number of rotatable bonds is 8. The van der Waals surface area contributed by atoms with E-state index in [-0.39, 0.29) is 49.7 Å². The fraction of sp³-hybridized carbons (Fsp3) is 0.242. The summed E-state index contributed by atoms with van der Waals surface area (Å²) in [4.78, 5) is 48.4. The SMILES string of the molecule is C=CCN1CC(=O)N2C(Cc3ccc(O)cc3)C(=O)N(Cc3cccc4cc[nH]c34)CC2N1C(=O)NCc1ccccc1. The van der Waals surface area contributed by atoms with Gasteiger partial charge in [-0.05, 0) is 40.3 Å². The van der Waals surface area contributed by atoms with E-state index in [1.165, 1.54) is 0 Å². The lowest BCUT2D eigenvalue weighted by atomic mass is 9.98. The Bertz CT molecular complexity index is 1640. The molecule has 2 aliphatic rings. The average Bonchev–Trinajstić information content (AvgIpc) is 3.50. The van der Waals surface area contributed by atoms with Crippen molar-refractivity contribution in [3.63, 3.8) is 0 Å². The smallest absolute Gasteiger partial charge is 0.334 e. The summed E-state index contributed by atoms with van der Waals surface area (Å²) in [6.45, 7) is 4.82. The molecular weight excluding hydrogens is 544 g/mol. The second-order valence-corrected chi connectivity index (χ2v) is 10.9. The molecular formula is C33H34N6O4. The summed E-state index contributed by atoms with van der Waals surface area (Å²) in [6.07, 6.45) is 3.03. The largest absolute Gasteiger partial charge is 0.508 e. The Morgan fingerprint density at radius 3 is 2.56 bits per heavy atom. The second-order valence-electron chi connectivity index (χ2n) is 10.9. The van der Waals surface area contributed by atoms with Crippen LogP contribution >= 0.6 is 0 Å². The molecule has 3 N–H and O–H groups in total. The van der Waals surface area contributed by atoms with Crippen molar-refractivity contribution in [2.45, 2.75) is 31.7 Å². The van der Waals surface area contributed by atoms with Gasteiger partial charge in [0.2, 0.25) is 11.8 Å². The Hall–Kier alpha value is -5.09. The van der Waals surface area contributed by atoms with Crippen LogP contribution in [0.3, 0.4) is 0 Å². The van der Waals surface area contributed by atoms with Crippen molar-refractivity contribution in [3.8, 4) is 5.75 Å². The molecule has 3 aromatic carbocycles. The first kappa shape index (κ1) is 28.0. The Kier molecular flexibility index (Phi) is 7.84. The number of hydrogen-bond acceptors (Lipinski definition) is 5. The van der Waals surface area contributed by atoms with Crippen LogP contribution in [-0.4, -0.2) is 79.6 Å². The van der Waals surface area contributed by atoms with Gasteiger partial charge in [0.05, 0.1) is 18.6 Å². The first-order valence-electron chi connectivity index (χ1n) is 14.3. The highest BCUT2D eigenvalue weighted by atomic mass is 16.3. The van der Waals surface area contributed by atoms with E-state index in [1.54, 1.807) is 50.2 Å². The molecule has 2 fully saturated rings. The van der Waals surface area contributed by atoms with Gasteiger partial charge in [0.25, 0.3) is 0 Å². The summed E-state index contributed by atoms with van der Waals surface area (Å²) < 4.78 is 0. The number of phenolic OH excluding ortho intramolecular Hbond substituents is 1. The first-order chi connectivity index (χ1) is 20.9. The number of H-pyrrole nitrogens is 1. The van der Waals surface area contributed by atoms with Crippen LogP contribution in [0.4, 0.5) is 4.79 Å². The zero-order valence-corrected chi connectivity index (χ0v) is 23.7. The predicted molar refractivity (Wildman–Crippen MR) is 162 cm³/mol. The lowest BCUT2D eigenvalue weighted by molar-refractivity contribution is -0.189. The molecule has 0 saturated carbocycles. The number of nitrogens with zero attached hydrogens (tertiary/aromatic N) is 4. The van der Waals surface area contributed by atoms with Crippen LogP contribution in [0.15, 0.2) is 97.7 Å². The molecule has 2 unspecified atom stereocenters. The fourth-order valence-corrected chi connectivity index (χ4v) is 6.04. The molecule has 2 aliphatic heterocycles. The van der Waals surface area contributed by atoms with Gasteiger partial charge in [0.15, 0.2) is 0 Å². The number of aromatic nitrogens is 1. The maximum absolute atomic E-state index is 14.2. The summed E-state index contributed by atoms with van der Waals surface area (Å²) in [5.74, 6) is -0.307. The minimum atomic E-state index is -0.839. The number of fused-ring (bicyclic) bond motifs is 2. The molecule has 0 aliphatic carbocycles. The van der Waals surface area contributed by atoms with Crippen molar-refractivity contribution >= 4 is 28.7 Å². The predicted octanol–water partition coefficient (Wildman–Crippen LogP) is 3.61. The number of nitrogens with one attached hydrogen (secondary N) is 2. The molecule has 4 amide bonds. The Labute approximate surface area is 249 Å². The summed E-state index contributed by atoms with van der Waals surface area (Å²) in [5.41, 5.74) is 3.63. The summed E-state index contributed by atoms with van der Waals surface area (Å²) in [6, 6.07) is 23.0. The number of benzene rings is 3. The van der Waals surface area contributed by atoms with Gasteiger partial charge in [0.1, 0.15) is 18.0 Å². The van der Waals surface area contributed by atoms with E-state index in [9.17, 15) is 19.5 Å². The second kappa shape index (κ2) is 12.0. The van der Waals surface area contributed by atoms with Gasteiger partial charge in [-0.1, -0.05) is 66.7 Å². The highest BCUT2D eigenvalue weighted by molar-refractivity contribution is 5.92. The summed E-state index contributed by atoms with van der Waals surface area (Å²) in [5, 5.41) is 17.1. The fourth-order valence-electron chi connectivity index (χ4n) is 6.04. The molecule has 10 heteroatoms. The topological polar surface area (TPSA) is 112 Å². The summed E-state index contributed by atoms with van der Waals surface area (Å²) >= 11 is 0. The normalized spacial score (nSPS) is 19.0. The highest BCUT2D eigenvalue weighted by Crippen LogP contribution is 2.30. The first-order valence-corrected chi connectivity index (χ1v) is 14.3. The van der Waals surface area contributed by atoms with Crippen molar-refractivity contribution in [3.05, 3.63) is 114 Å². The molecule has 0 bridgehead atoms. The lowest BCUT2D eigenvalue weighted by Gasteiger charge is -2.55. The van der Waals surface area contributed by atoms with Crippen LogP contribution in [0.25, 0.3) is 10.9 Å². The van der Waals surface area contributed by atoms with Crippen LogP contribution < -0.4 is 5.32 Å².